The standard InChI is InChI=1S/C14H14N2O4/c1-2-6-15-12(17)9-16-7-8-20-13-10(14(18)19)4-3-5-11(13)16/h1,3-5H,6-9H2,(H,15,17)(H,18,19). The van der Waals surface area contributed by atoms with Crippen molar-refractivity contribution in [2.24, 2.45) is 0 Å². The molecule has 6 nitrogen and oxygen atoms in total. The first kappa shape index (κ1) is 13.7. The van der Waals surface area contributed by atoms with Gasteiger partial charge in [-0.1, -0.05) is 12.0 Å². The van der Waals surface area contributed by atoms with E-state index in [2.05, 4.69) is 11.2 Å². The lowest BCUT2D eigenvalue weighted by Gasteiger charge is -2.31. The highest BCUT2D eigenvalue weighted by atomic mass is 16.5. The summed E-state index contributed by atoms with van der Waals surface area (Å²) in [6.45, 7) is 1.13. The Hall–Kier alpha value is -2.68. The van der Waals surface area contributed by atoms with Crippen LogP contribution in [0.4, 0.5) is 5.69 Å². The molecular formula is C14H14N2O4. The van der Waals surface area contributed by atoms with Crippen molar-refractivity contribution in [3.63, 3.8) is 0 Å². The van der Waals surface area contributed by atoms with E-state index in [-0.39, 0.29) is 24.6 Å². The molecule has 2 rings (SSSR count). The molecule has 0 atom stereocenters. The molecule has 0 saturated carbocycles. The van der Waals surface area contributed by atoms with Crippen LogP contribution in [-0.2, 0) is 4.79 Å². The van der Waals surface area contributed by atoms with Crippen LogP contribution in [0.15, 0.2) is 18.2 Å². The third kappa shape index (κ3) is 2.83. The minimum Gasteiger partial charge on any atom is -0.489 e. The average molecular weight is 274 g/mol. The van der Waals surface area contributed by atoms with Crippen molar-refractivity contribution in [1.29, 1.82) is 0 Å². The van der Waals surface area contributed by atoms with E-state index in [0.717, 1.165) is 0 Å². The maximum atomic E-state index is 11.7. The molecule has 2 N–H and O–H groups in total. The van der Waals surface area contributed by atoms with Gasteiger partial charge in [-0.15, -0.1) is 6.42 Å². The molecule has 0 saturated heterocycles. The number of ether oxygens (including phenoxy) is 1. The van der Waals surface area contributed by atoms with Crippen molar-refractivity contribution in [2.75, 3.05) is 31.1 Å². The van der Waals surface area contributed by atoms with Crippen LogP contribution in [0.25, 0.3) is 0 Å². The van der Waals surface area contributed by atoms with Crippen LogP contribution in [0.2, 0.25) is 0 Å². The van der Waals surface area contributed by atoms with Crippen LogP contribution in [0.5, 0.6) is 5.75 Å². The van der Waals surface area contributed by atoms with Crippen molar-refractivity contribution in [2.45, 2.75) is 0 Å². The van der Waals surface area contributed by atoms with E-state index in [4.69, 9.17) is 16.3 Å². The lowest BCUT2D eigenvalue weighted by Crippen LogP contribution is -2.41. The molecule has 0 aromatic heterocycles. The summed E-state index contributed by atoms with van der Waals surface area (Å²) in [5, 5.41) is 11.7. The molecular weight excluding hydrogens is 260 g/mol. The fraction of sp³-hybridized carbons (Fsp3) is 0.286. The van der Waals surface area contributed by atoms with Gasteiger partial charge in [0.1, 0.15) is 12.2 Å². The zero-order chi connectivity index (χ0) is 14.5. The number of fused-ring (bicyclic) bond motifs is 1. The molecule has 0 fully saturated rings. The number of benzene rings is 1. The number of aromatic carboxylic acids is 1. The first-order valence-electron chi connectivity index (χ1n) is 6.07. The lowest BCUT2D eigenvalue weighted by molar-refractivity contribution is -0.119. The van der Waals surface area contributed by atoms with Gasteiger partial charge in [0.2, 0.25) is 5.91 Å². The molecule has 1 heterocycles. The third-order valence-electron chi connectivity index (χ3n) is 2.90. The molecule has 0 unspecified atom stereocenters. The number of carbonyl (C=O) groups excluding carboxylic acids is 1. The van der Waals surface area contributed by atoms with Gasteiger partial charge in [-0.25, -0.2) is 4.79 Å². The topological polar surface area (TPSA) is 78.9 Å². The highest BCUT2D eigenvalue weighted by Gasteiger charge is 2.24. The molecule has 1 amide bonds. The number of carboxylic acid groups (broad SMARTS) is 1. The smallest absolute Gasteiger partial charge is 0.339 e. The molecule has 6 heteroatoms. The number of amides is 1. The number of carboxylic acids is 1. The molecule has 0 bridgehead atoms. The summed E-state index contributed by atoms with van der Waals surface area (Å²) in [5.41, 5.74) is 0.697. The second kappa shape index (κ2) is 5.97. The predicted molar refractivity (Wildman–Crippen MR) is 73.0 cm³/mol. The maximum Gasteiger partial charge on any atom is 0.339 e. The largest absolute Gasteiger partial charge is 0.489 e. The number of carbonyl (C=O) groups is 2. The van der Waals surface area contributed by atoms with E-state index in [1.807, 2.05) is 0 Å². The number of hydrogen-bond donors (Lipinski definition) is 2. The molecule has 20 heavy (non-hydrogen) atoms. The van der Waals surface area contributed by atoms with Crippen molar-refractivity contribution in [3.05, 3.63) is 23.8 Å². The highest BCUT2D eigenvalue weighted by Crippen LogP contribution is 2.34. The van der Waals surface area contributed by atoms with Crippen LogP contribution in [0, 0.1) is 12.3 Å². The second-order valence-electron chi connectivity index (χ2n) is 4.21. The van der Waals surface area contributed by atoms with E-state index in [0.29, 0.717) is 24.6 Å². The summed E-state index contributed by atoms with van der Waals surface area (Å²) in [5.74, 6) is 1.36. The Balaban J connectivity index is 2.21. The molecule has 1 aliphatic heterocycles. The summed E-state index contributed by atoms with van der Waals surface area (Å²) in [4.78, 5) is 24.6. The van der Waals surface area contributed by atoms with Crippen molar-refractivity contribution in [3.8, 4) is 18.1 Å². The van der Waals surface area contributed by atoms with Gasteiger partial charge in [0.25, 0.3) is 0 Å². The zero-order valence-corrected chi connectivity index (χ0v) is 10.8. The third-order valence-corrected chi connectivity index (χ3v) is 2.90. The minimum atomic E-state index is -1.06. The Morgan fingerprint density at radius 1 is 1.50 bits per heavy atom. The molecule has 104 valence electrons. The van der Waals surface area contributed by atoms with Gasteiger partial charge in [-0.3, -0.25) is 4.79 Å². The van der Waals surface area contributed by atoms with Gasteiger partial charge in [-0.05, 0) is 12.1 Å². The number of hydrogen-bond acceptors (Lipinski definition) is 4. The predicted octanol–water partition coefficient (Wildman–Crippen LogP) is 0.333. The van der Waals surface area contributed by atoms with Gasteiger partial charge in [0.15, 0.2) is 5.75 Å². The zero-order valence-electron chi connectivity index (χ0n) is 10.8. The van der Waals surface area contributed by atoms with Crippen LogP contribution < -0.4 is 15.0 Å². The van der Waals surface area contributed by atoms with E-state index in [1.54, 1.807) is 17.0 Å². The lowest BCUT2D eigenvalue weighted by atomic mass is 10.1. The molecule has 0 spiro atoms. The van der Waals surface area contributed by atoms with Crippen molar-refractivity contribution < 1.29 is 19.4 Å². The second-order valence-corrected chi connectivity index (χ2v) is 4.21. The summed E-state index contributed by atoms with van der Waals surface area (Å²) >= 11 is 0. The monoisotopic (exact) mass is 274 g/mol. The van der Waals surface area contributed by atoms with Crippen LogP contribution in [0.1, 0.15) is 10.4 Å². The Morgan fingerprint density at radius 3 is 3.00 bits per heavy atom. The van der Waals surface area contributed by atoms with Gasteiger partial charge >= 0.3 is 5.97 Å². The average Bonchev–Trinajstić information content (AvgIpc) is 2.44. The minimum absolute atomic E-state index is 0.0937. The number of para-hydroxylation sites is 1. The van der Waals surface area contributed by atoms with Gasteiger partial charge in [0.05, 0.1) is 25.3 Å². The molecule has 1 aromatic rings. The number of nitrogens with zero attached hydrogens (tertiary/aromatic N) is 1. The summed E-state index contributed by atoms with van der Waals surface area (Å²) in [6.07, 6.45) is 5.08. The van der Waals surface area contributed by atoms with Gasteiger partial charge in [0, 0.05) is 0 Å². The number of terminal acetylenes is 1. The summed E-state index contributed by atoms with van der Waals surface area (Å²) in [7, 11) is 0. The van der Waals surface area contributed by atoms with Crippen LogP contribution in [-0.4, -0.2) is 43.2 Å². The van der Waals surface area contributed by atoms with Crippen molar-refractivity contribution in [1.82, 2.24) is 5.32 Å². The Bertz CT molecular complexity index is 577. The van der Waals surface area contributed by atoms with E-state index < -0.39 is 5.97 Å². The number of nitrogens with one attached hydrogen (secondary N) is 1. The first-order chi connectivity index (χ1) is 9.63. The SMILES string of the molecule is C#CCNC(=O)CN1CCOc2c(C(=O)O)cccc21. The number of anilines is 1. The van der Waals surface area contributed by atoms with E-state index >= 15 is 0 Å². The fourth-order valence-electron chi connectivity index (χ4n) is 2.02. The molecule has 0 aliphatic carbocycles. The highest BCUT2D eigenvalue weighted by molar-refractivity contribution is 5.94. The fourth-order valence-corrected chi connectivity index (χ4v) is 2.02. The quantitative estimate of drug-likeness (QED) is 0.774. The molecule has 1 aliphatic rings. The van der Waals surface area contributed by atoms with E-state index in [9.17, 15) is 9.59 Å². The first-order valence-corrected chi connectivity index (χ1v) is 6.07. The van der Waals surface area contributed by atoms with Gasteiger partial charge in [-0.2, -0.15) is 0 Å². The Kier molecular flexibility index (Phi) is 4.11. The van der Waals surface area contributed by atoms with Crippen LogP contribution in [0.3, 0.4) is 0 Å². The Morgan fingerprint density at radius 2 is 2.30 bits per heavy atom. The maximum absolute atomic E-state index is 11.7. The summed E-state index contributed by atoms with van der Waals surface area (Å²) < 4.78 is 5.42. The van der Waals surface area contributed by atoms with Crippen molar-refractivity contribution >= 4 is 17.6 Å². The van der Waals surface area contributed by atoms with Gasteiger partial charge < -0.3 is 20.1 Å². The summed E-state index contributed by atoms with van der Waals surface area (Å²) in [6, 6.07) is 4.84. The number of rotatable bonds is 4. The van der Waals surface area contributed by atoms with Crippen LogP contribution >= 0.6 is 0 Å². The normalized spacial score (nSPS) is 12.8. The molecule has 1 aromatic carbocycles. The van der Waals surface area contributed by atoms with E-state index in [1.165, 1.54) is 6.07 Å². The molecule has 0 radical (unpaired) electrons. The Labute approximate surface area is 116 Å².